The molecule has 0 aromatic heterocycles. The van der Waals surface area contributed by atoms with Gasteiger partial charge in [0.2, 0.25) is 0 Å². The van der Waals surface area contributed by atoms with Crippen LogP contribution in [0, 0.1) is 16.0 Å². The molecule has 0 heterocycles. The van der Waals surface area contributed by atoms with Gasteiger partial charge in [0.1, 0.15) is 5.56 Å². The normalized spacial score (nSPS) is 10.4. The number of carbonyl (C=O) groups is 1. The molecule has 7 heteroatoms. The SMILES string of the molecule is CCN(CC(C)C)C(=O)c1cc(NN)ccc1[N+](=O)[O-]. The monoisotopic (exact) mass is 280 g/mol. The fourth-order valence-electron chi connectivity index (χ4n) is 1.92. The molecule has 0 unspecified atom stereocenters. The zero-order valence-electron chi connectivity index (χ0n) is 11.9. The standard InChI is InChI=1S/C13H20N4O3/c1-4-16(8-9(2)3)13(18)11-7-10(15-14)5-6-12(11)17(19)20/h5-7,9,15H,4,8,14H2,1-3H3. The predicted octanol–water partition coefficient (Wildman–Crippen LogP) is 2.00. The Morgan fingerprint density at radius 3 is 2.60 bits per heavy atom. The van der Waals surface area contributed by atoms with E-state index in [9.17, 15) is 14.9 Å². The van der Waals surface area contributed by atoms with E-state index in [2.05, 4.69) is 5.43 Å². The minimum Gasteiger partial charge on any atom is -0.338 e. The summed E-state index contributed by atoms with van der Waals surface area (Å²) in [5, 5.41) is 11.0. The zero-order valence-corrected chi connectivity index (χ0v) is 11.9. The van der Waals surface area contributed by atoms with Crippen LogP contribution < -0.4 is 11.3 Å². The molecule has 1 amide bonds. The molecule has 0 atom stereocenters. The number of hydrogen-bond acceptors (Lipinski definition) is 5. The Hall–Kier alpha value is -2.15. The first-order chi connectivity index (χ1) is 9.40. The van der Waals surface area contributed by atoms with Crippen LogP contribution in [0.5, 0.6) is 0 Å². The first kappa shape index (κ1) is 15.9. The lowest BCUT2D eigenvalue weighted by molar-refractivity contribution is -0.385. The number of anilines is 1. The van der Waals surface area contributed by atoms with E-state index in [1.165, 1.54) is 18.2 Å². The van der Waals surface area contributed by atoms with Crippen molar-refractivity contribution in [3.05, 3.63) is 33.9 Å². The summed E-state index contributed by atoms with van der Waals surface area (Å²) >= 11 is 0. The number of nitro groups is 1. The largest absolute Gasteiger partial charge is 0.338 e. The Labute approximate surface area is 117 Å². The molecule has 0 saturated carbocycles. The van der Waals surface area contributed by atoms with Gasteiger partial charge >= 0.3 is 0 Å². The fourth-order valence-corrected chi connectivity index (χ4v) is 1.92. The quantitative estimate of drug-likeness (QED) is 0.471. The molecule has 1 aromatic rings. The van der Waals surface area contributed by atoms with Gasteiger partial charge in [-0.25, -0.2) is 0 Å². The lowest BCUT2D eigenvalue weighted by atomic mass is 10.1. The van der Waals surface area contributed by atoms with Gasteiger partial charge in [-0.1, -0.05) is 13.8 Å². The van der Waals surface area contributed by atoms with Crippen molar-refractivity contribution in [3.8, 4) is 0 Å². The van der Waals surface area contributed by atoms with E-state index in [0.717, 1.165) is 0 Å². The zero-order chi connectivity index (χ0) is 15.3. The number of carbonyl (C=O) groups excluding carboxylic acids is 1. The summed E-state index contributed by atoms with van der Waals surface area (Å²) in [5.74, 6) is 5.22. The number of nitrogens with two attached hydrogens (primary N) is 1. The van der Waals surface area contributed by atoms with Crippen LogP contribution in [0.3, 0.4) is 0 Å². The lowest BCUT2D eigenvalue weighted by Crippen LogP contribution is -2.34. The highest BCUT2D eigenvalue weighted by atomic mass is 16.6. The highest BCUT2D eigenvalue weighted by Gasteiger charge is 2.24. The minimum absolute atomic E-state index is 0.0490. The van der Waals surface area contributed by atoms with Gasteiger partial charge in [-0.2, -0.15) is 0 Å². The molecular weight excluding hydrogens is 260 g/mol. The van der Waals surface area contributed by atoms with Gasteiger partial charge in [-0.05, 0) is 25.0 Å². The highest BCUT2D eigenvalue weighted by molar-refractivity contribution is 5.99. The van der Waals surface area contributed by atoms with Crippen molar-refractivity contribution in [3.63, 3.8) is 0 Å². The van der Waals surface area contributed by atoms with Gasteiger partial charge < -0.3 is 10.3 Å². The van der Waals surface area contributed by atoms with Crippen LogP contribution >= 0.6 is 0 Å². The Morgan fingerprint density at radius 2 is 2.15 bits per heavy atom. The summed E-state index contributed by atoms with van der Waals surface area (Å²) in [7, 11) is 0. The number of nitro benzene ring substituents is 1. The van der Waals surface area contributed by atoms with Gasteiger partial charge in [0.25, 0.3) is 11.6 Å². The van der Waals surface area contributed by atoms with Crippen LogP contribution in [0.1, 0.15) is 31.1 Å². The van der Waals surface area contributed by atoms with Gasteiger partial charge in [0.15, 0.2) is 0 Å². The van der Waals surface area contributed by atoms with E-state index in [-0.39, 0.29) is 23.1 Å². The summed E-state index contributed by atoms with van der Waals surface area (Å²) < 4.78 is 0. The number of nitrogens with zero attached hydrogens (tertiary/aromatic N) is 2. The molecule has 0 radical (unpaired) electrons. The molecule has 0 fully saturated rings. The topological polar surface area (TPSA) is 102 Å². The number of hydrogen-bond donors (Lipinski definition) is 2. The molecular formula is C13H20N4O3. The van der Waals surface area contributed by atoms with Crippen LogP contribution in [0.15, 0.2) is 18.2 Å². The molecule has 0 aliphatic heterocycles. The molecule has 0 saturated heterocycles. The fraction of sp³-hybridized carbons (Fsp3) is 0.462. The van der Waals surface area contributed by atoms with E-state index in [0.29, 0.717) is 18.8 Å². The van der Waals surface area contributed by atoms with Crippen LogP contribution in [0.25, 0.3) is 0 Å². The molecule has 110 valence electrons. The van der Waals surface area contributed by atoms with Crippen LogP contribution in [0.4, 0.5) is 11.4 Å². The van der Waals surface area contributed by atoms with Crippen LogP contribution in [-0.4, -0.2) is 28.8 Å². The van der Waals surface area contributed by atoms with Crippen molar-refractivity contribution < 1.29 is 9.72 Å². The van der Waals surface area contributed by atoms with E-state index < -0.39 is 4.92 Å². The molecule has 0 aliphatic carbocycles. The van der Waals surface area contributed by atoms with Crippen molar-refractivity contribution in [2.24, 2.45) is 11.8 Å². The lowest BCUT2D eigenvalue weighted by Gasteiger charge is -2.23. The molecule has 0 aliphatic rings. The number of nitrogens with one attached hydrogen (secondary N) is 1. The van der Waals surface area contributed by atoms with Crippen molar-refractivity contribution in [2.75, 3.05) is 18.5 Å². The predicted molar refractivity (Wildman–Crippen MR) is 77.3 cm³/mol. The van der Waals surface area contributed by atoms with E-state index in [1.54, 1.807) is 4.90 Å². The summed E-state index contributed by atoms with van der Waals surface area (Å²) in [6, 6.07) is 4.16. The van der Waals surface area contributed by atoms with Crippen molar-refractivity contribution in [1.29, 1.82) is 0 Å². The molecule has 1 aromatic carbocycles. The third-order valence-electron chi connectivity index (χ3n) is 2.84. The summed E-state index contributed by atoms with van der Waals surface area (Å²) in [6.45, 7) is 6.86. The minimum atomic E-state index is -0.559. The van der Waals surface area contributed by atoms with E-state index >= 15 is 0 Å². The summed E-state index contributed by atoms with van der Waals surface area (Å²) in [6.07, 6.45) is 0. The molecule has 0 bridgehead atoms. The number of nitrogen functional groups attached to an aromatic ring is 1. The third kappa shape index (κ3) is 3.67. The number of hydrazine groups is 1. The van der Waals surface area contributed by atoms with Gasteiger partial charge in [-0.15, -0.1) is 0 Å². The second kappa shape index (κ2) is 6.85. The van der Waals surface area contributed by atoms with Gasteiger partial charge in [-0.3, -0.25) is 20.8 Å². The third-order valence-corrected chi connectivity index (χ3v) is 2.84. The van der Waals surface area contributed by atoms with Crippen molar-refractivity contribution in [2.45, 2.75) is 20.8 Å². The average Bonchev–Trinajstić information content (AvgIpc) is 2.42. The summed E-state index contributed by atoms with van der Waals surface area (Å²) in [4.78, 5) is 24.5. The molecule has 20 heavy (non-hydrogen) atoms. The first-order valence-electron chi connectivity index (χ1n) is 6.45. The Bertz CT molecular complexity index is 502. The molecule has 7 nitrogen and oxygen atoms in total. The number of rotatable bonds is 6. The second-order valence-corrected chi connectivity index (χ2v) is 4.87. The van der Waals surface area contributed by atoms with E-state index in [4.69, 9.17) is 5.84 Å². The molecule has 0 spiro atoms. The van der Waals surface area contributed by atoms with Crippen LogP contribution in [-0.2, 0) is 0 Å². The van der Waals surface area contributed by atoms with Crippen molar-refractivity contribution in [1.82, 2.24) is 4.90 Å². The smallest absolute Gasteiger partial charge is 0.282 e. The number of benzene rings is 1. The Balaban J connectivity index is 3.20. The van der Waals surface area contributed by atoms with Crippen LogP contribution in [0.2, 0.25) is 0 Å². The maximum Gasteiger partial charge on any atom is 0.282 e. The van der Waals surface area contributed by atoms with E-state index in [1.807, 2.05) is 20.8 Å². The Morgan fingerprint density at radius 1 is 1.50 bits per heavy atom. The summed E-state index contributed by atoms with van der Waals surface area (Å²) in [5.41, 5.74) is 2.69. The maximum absolute atomic E-state index is 12.5. The molecule has 1 rings (SSSR count). The highest BCUT2D eigenvalue weighted by Crippen LogP contribution is 2.24. The number of amides is 1. The Kier molecular flexibility index (Phi) is 5.45. The molecule has 3 N–H and O–H groups in total. The maximum atomic E-state index is 12.5. The van der Waals surface area contributed by atoms with Crippen molar-refractivity contribution >= 4 is 17.3 Å². The average molecular weight is 280 g/mol. The van der Waals surface area contributed by atoms with Gasteiger partial charge in [0.05, 0.1) is 4.92 Å². The van der Waals surface area contributed by atoms with Gasteiger partial charge in [0, 0.05) is 24.8 Å². The first-order valence-corrected chi connectivity index (χ1v) is 6.45. The second-order valence-electron chi connectivity index (χ2n) is 4.87.